The predicted octanol–water partition coefficient (Wildman–Crippen LogP) is 2.31. The summed E-state index contributed by atoms with van der Waals surface area (Å²) in [4.78, 5) is 15.2. The van der Waals surface area contributed by atoms with Gasteiger partial charge in [-0.2, -0.15) is 0 Å². The Bertz CT molecular complexity index is 450. The summed E-state index contributed by atoms with van der Waals surface area (Å²) in [6.07, 6.45) is -0.218. The zero-order valence-corrected chi connectivity index (χ0v) is 12.0. The fourth-order valence-corrected chi connectivity index (χ4v) is 2.38. The van der Waals surface area contributed by atoms with Crippen LogP contribution in [0.25, 0.3) is 0 Å². The molecule has 0 saturated carbocycles. The topological polar surface area (TPSA) is 32.8 Å². The lowest BCUT2D eigenvalue weighted by molar-refractivity contribution is 0.155. The van der Waals surface area contributed by atoms with E-state index in [1.807, 2.05) is 19.2 Å². The summed E-state index contributed by atoms with van der Waals surface area (Å²) in [6.45, 7) is 5.66. The van der Waals surface area contributed by atoms with Gasteiger partial charge in [0.25, 0.3) is 0 Å². The molecule has 0 N–H and O–H groups in total. The Morgan fingerprint density at radius 3 is 2.70 bits per heavy atom. The second-order valence-corrected chi connectivity index (χ2v) is 5.32. The van der Waals surface area contributed by atoms with Crippen molar-refractivity contribution >= 4 is 6.09 Å². The van der Waals surface area contributed by atoms with Crippen molar-refractivity contribution in [1.82, 2.24) is 9.80 Å². The Kier molecular flexibility index (Phi) is 4.95. The average molecular weight is 280 g/mol. The molecule has 1 atom stereocenters. The molecule has 1 aliphatic rings. The van der Waals surface area contributed by atoms with Crippen LogP contribution in [0.5, 0.6) is 0 Å². The Balaban J connectivity index is 1.77. The van der Waals surface area contributed by atoms with Gasteiger partial charge < -0.3 is 14.5 Å². The lowest BCUT2D eigenvalue weighted by Crippen LogP contribution is -2.35. The number of nitrogens with zero attached hydrogens (tertiary/aromatic N) is 2. The number of carbonyl (C=O) groups is 1. The van der Waals surface area contributed by atoms with Crippen LogP contribution in [0.2, 0.25) is 0 Å². The van der Waals surface area contributed by atoms with Gasteiger partial charge in [-0.05, 0) is 30.7 Å². The van der Waals surface area contributed by atoms with Crippen molar-refractivity contribution in [3.63, 3.8) is 0 Å². The zero-order chi connectivity index (χ0) is 14.5. The quantitative estimate of drug-likeness (QED) is 0.801. The van der Waals surface area contributed by atoms with E-state index in [0.717, 1.165) is 18.7 Å². The number of hydrogen-bond donors (Lipinski definition) is 0. The summed E-state index contributed by atoms with van der Waals surface area (Å²) in [7, 11) is 2.03. The molecule has 1 aliphatic heterocycles. The maximum Gasteiger partial charge on any atom is 0.409 e. The van der Waals surface area contributed by atoms with Crippen molar-refractivity contribution in [1.29, 1.82) is 0 Å². The van der Waals surface area contributed by atoms with Crippen LogP contribution in [0.4, 0.5) is 9.18 Å². The molecular weight excluding hydrogens is 259 g/mol. The van der Waals surface area contributed by atoms with Gasteiger partial charge in [0.2, 0.25) is 0 Å². The second-order valence-electron chi connectivity index (χ2n) is 5.32. The number of rotatable bonds is 6. The van der Waals surface area contributed by atoms with Crippen LogP contribution in [0.15, 0.2) is 24.3 Å². The van der Waals surface area contributed by atoms with E-state index in [-0.39, 0.29) is 11.9 Å². The molecule has 1 saturated heterocycles. The smallest absolute Gasteiger partial charge is 0.409 e. The summed E-state index contributed by atoms with van der Waals surface area (Å²) in [6, 6.07) is 6.63. The van der Waals surface area contributed by atoms with Crippen LogP contribution in [-0.4, -0.2) is 55.7 Å². The molecule has 0 aliphatic carbocycles. The fourth-order valence-electron chi connectivity index (χ4n) is 2.38. The molecule has 1 fully saturated rings. The maximum atomic E-state index is 12.9. The molecule has 1 amide bonds. The first-order valence-corrected chi connectivity index (χ1v) is 6.92. The van der Waals surface area contributed by atoms with E-state index >= 15 is 0 Å². The SMILES string of the molecule is CC(CN(C)CCN1CCOC1=O)c1ccc(F)cc1. The summed E-state index contributed by atoms with van der Waals surface area (Å²) in [5.74, 6) is 0.118. The van der Waals surface area contributed by atoms with Gasteiger partial charge in [-0.1, -0.05) is 19.1 Å². The lowest BCUT2D eigenvalue weighted by Gasteiger charge is -2.23. The van der Waals surface area contributed by atoms with Gasteiger partial charge in [0.05, 0.1) is 6.54 Å². The third-order valence-corrected chi connectivity index (χ3v) is 3.62. The summed E-state index contributed by atoms with van der Waals surface area (Å²) < 4.78 is 17.8. The number of halogens is 1. The highest BCUT2D eigenvalue weighted by molar-refractivity contribution is 5.69. The average Bonchev–Trinajstić information content (AvgIpc) is 2.82. The minimum Gasteiger partial charge on any atom is -0.448 e. The van der Waals surface area contributed by atoms with Crippen molar-refractivity contribution in [2.45, 2.75) is 12.8 Å². The lowest BCUT2D eigenvalue weighted by atomic mass is 10.0. The predicted molar refractivity (Wildman–Crippen MR) is 75.2 cm³/mol. The van der Waals surface area contributed by atoms with Gasteiger partial charge in [-0.15, -0.1) is 0 Å². The molecule has 0 radical (unpaired) electrons. The Morgan fingerprint density at radius 1 is 1.40 bits per heavy atom. The van der Waals surface area contributed by atoms with E-state index in [1.165, 1.54) is 12.1 Å². The zero-order valence-electron chi connectivity index (χ0n) is 12.0. The van der Waals surface area contributed by atoms with Crippen molar-refractivity contribution in [2.75, 3.05) is 39.8 Å². The highest BCUT2D eigenvalue weighted by Crippen LogP contribution is 2.16. The minimum atomic E-state index is -0.218. The fraction of sp³-hybridized carbons (Fsp3) is 0.533. The minimum absolute atomic E-state index is 0.207. The molecular formula is C15H21FN2O2. The molecule has 0 aromatic heterocycles. The highest BCUT2D eigenvalue weighted by Gasteiger charge is 2.21. The van der Waals surface area contributed by atoms with Gasteiger partial charge in [0.1, 0.15) is 12.4 Å². The first-order chi connectivity index (χ1) is 9.56. The number of likely N-dealkylation sites (N-methyl/N-ethyl adjacent to an activating group) is 1. The standard InChI is InChI=1S/C15H21FN2O2/c1-12(13-3-5-14(16)6-4-13)11-17(2)7-8-18-9-10-20-15(18)19/h3-6,12H,7-11H2,1-2H3. The highest BCUT2D eigenvalue weighted by atomic mass is 19.1. The first kappa shape index (κ1) is 14.8. The number of benzene rings is 1. The van der Waals surface area contributed by atoms with Crippen molar-refractivity contribution < 1.29 is 13.9 Å². The van der Waals surface area contributed by atoms with Crippen LogP contribution in [0, 0.1) is 5.82 Å². The van der Waals surface area contributed by atoms with E-state index in [0.29, 0.717) is 25.6 Å². The van der Waals surface area contributed by atoms with E-state index in [9.17, 15) is 9.18 Å². The monoisotopic (exact) mass is 280 g/mol. The Hall–Kier alpha value is -1.62. The van der Waals surface area contributed by atoms with Gasteiger partial charge in [0.15, 0.2) is 0 Å². The number of amides is 1. The molecule has 1 aromatic rings. The number of cyclic esters (lactones) is 1. The van der Waals surface area contributed by atoms with Crippen LogP contribution in [0.3, 0.4) is 0 Å². The number of ether oxygens (including phenoxy) is 1. The van der Waals surface area contributed by atoms with Gasteiger partial charge in [-0.3, -0.25) is 0 Å². The third-order valence-electron chi connectivity index (χ3n) is 3.62. The van der Waals surface area contributed by atoms with Crippen molar-refractivity contribution in [3.05, 3.63) is 35.6 Å². The molecule has 0 bridgehead atoms. The largest absolute Gasteiger partial charge is 0.448 e. The normalized spacial score (nSPS) is 16.6. The van der Waals surface area contributed by atoms with Crippen LogP contribution < -0.4 is 0 Å². The third kappa shape index (κ3) is 3.93. The summed E-state index contributed by atoms with van der Waals surface area (Å²) >= 11 is 0. The molecule has 20 heavy (non-hydrogen) atoms. The summed E-state index contributed by atoms with van der Waals surface area (Å²) in [5.41, 5.74) is 1.12. The molecule has 5 heteroatoms. The molecule has 2 rings (SSSR count). The van der Waals surface area contributed by atoms with Crippen LogP contribution in [-0.2, 0) is 4.74 Å². The molecule has 4 nitrogen and oxygen atoms in total. The molecule has 1 aromatic carbocycles. The van der Waals surface area contributed by atoms with Gasteiger partial charge >= 0.3 is 6.09 Å². The van der Waals surface area contributed by atoms with Crippen molar-refractivity contribution in [2.24, 2.45) is 0 Å². The molecule has 1 unspecified atom stereocenters. The molecule has 0 spiro atoms. The Morgan fingerprint density at radius 2 is 2.10 bits per heavy atom. The maximum absolute atomic E-state index is 12.9. The van der Waals surface area contributed by atoms with Gasteiger partial charge in [0, 0.05) is 19.6 Å². The number of carbonyl (C=O) groups excluding carboxylic acids is 1. The van der Waals surface area contributed by atoms with E-state index < -0.39 is 0 Å². The molecule has 1 heterocycles. The Labute approximate surface area is 119 Å². The summed E-state index contributed by atoms with van der Waals surface area (Å²) in [5, 5.41) is 0. The molecule has 110 valence electrons. The van der Waals surface area contributed by atoms with Crippen LogP contribution in [0.1, 0.15) is 18.4 Å². The first-order valence-electron chi connectivity index (χ1n) is 6.92. The second kappa shape index (κ2) is 6.70. The van der Waals surface area contributed by atoms with E-state index in [1.54, 1.807) is 4.90 Å². The van der Waals surface area contributed by atoms with E-state index in [2.05, 4.69) is 11.8 Å². The van der Waals surface area contributed by atoms with Gasteiger partial charge in [-0.25, -0.2) is 9.18 Å². The number of hydrogen-bond acceptors (Lipinski definition) is 3. The van der Waals surface area contributed by atoms with Crippen molar-refractivity contribution in [3.8, 4) is 0 Å². The van der Waals surface area contributed by atoms with E-state index in [4.69, 9.17) is 4.74 Å². The van der Waals surface area contributed by atoms with Crippen LogP contribution >= 0.6 is 0 Å².